The van der Waals surface area contributed by atoms with Gasteiger partial charge in [-0.1, -0.05) is 42.5 Å². The molecule has 1 aliphatic heterocycles. The third-order valence-corrected chi connectivity index (χ3v) is 4.90. The molecule has 4 rings (SSSR count). The molecule has 0 radical (unpaired) electrons. The zero-order valence-corrected chi connectivity index (χ0v) is 14.6. The predicted molar refractivity (Wildman–Crippen MR) is 105 cm³/mol. The highest BCUT2D eigenvalue weighted by atomic mass is 16.3. The third-order valence-electron chi connectivity index (χ3n) is 4.90. The van der Waals surface area contributed by atoms with Gasteiger partial charge in [0, 0.05) is 36.8 Å². The molecule has 0 saturated heterocycles. The van der Waals surface area contributed by atoms with Crippen LogP contribution in [-0.4, -0.2) is 41.0 Å². The van der Waals surface area contributed by atoms with Gasteiger partial charge in [-0.05, 0) is 23.6 Å². The molecule has 3 aromatic rings. The molecule has 0 spiro atoms. The molecule has 0 amide bonds. The molecular formula is C21H23N3O2. The number of hydrogen-bond donors (Lipinski definition) is 3. The van der Waals surface area contributed by atoms with E-state index in [1.54, 1.807) is 0 Å². The van der Waals surface area contributed by atoms with Crippen molar-refractivity contribution in [2.75, 3.05) is 29.9 Å². The third kappa shape index (κ3) is 3.36. The van der Waals surface area contributed by atoms with Crippen LogP contribution in [-0.2, 0) is 13.0 Å². The number of pyridine rings is 1. The molecule has 0 aliphatic carbocycles. The number of hydrogen-bond acceptors (Lipinski definition) is 5. The van der Waals surface area contributed by atoms with Crippen LogP contribution in [0.1, 0.15) is 11.1 Å². The van der Waals surface area contributed by atoms with Crippen molar-refractivity contribution in [2.45, 2.75) is 19.1 Å². The van der Waals surface area contributed by atoms with E-state index in [0.29, 0.717) is 6.54 Å². The summed E-state index contributed by atoms with van der Waals surface area (Å²) < 4.78 is 0. The average molecular weight is 349 g/mol. The molecule has 1 atom stereocenters. The quantitative estimate of drug-likeness (QED) is 0.660. The number of benzene rings is 2. The van der Waals surface area contributed by atoms with Gasteiger partial charge in [0.1, 0.15) is 5.82 Å². The van der Waals surface area contributed by atoms with Crippen LogP contribution in [0.15, 0.2) is 54.6 Å². The van der Waals surface area contributed by atoms with Gasteiger partial charge in [-0.2, -0.15) is 0 Å². The summed E-state index contributed by atoms with van der Waals surface area (Å²) in [4.78, 5) is 7.15. The largest absolute Gasteiger partial charge is 0.394 e. The van der Waals surface area contributed by atoms with Crippen molar-refractivity contribution in [3.05, 3.63) is 65.7 Å². The van der Waals surface area contributed by atoms with Crippen molar-refractivity contribution in [1.82, 2.24) is 4.98 Å². The summed E-state index contributed by atoms with van der Waals surface area (Å²) in [5.41, 5.74) is 4.61. The number of nitrogens with zero attached hydrogens (tertiary/aromatic N) is 2. The Balaban J connectivity index is 1.67. The van der Waals surface area contributed by atoms with Gasteiger partial charge in [0.05, 0.1) is 18.2 Å². The minimum absolute atomic E-state index is 0.258. The van der Waals surface area contributed by atoms with E-state index in [9.17, 15) is 5.11 Å². The molecule has 1 aliphatic rings. The lowest BCUT2D eigenvalue weighted by atomic mass is 10.00. The van der Waals surface area contributed by atoms with Gasteiger partial charge in [0.25, 0.3) is 0 Å². The summed E-state index contributed by atoms with van der Waals surface area (Å²) in [6.45, 7) is 1.82. The van der Waals surface area contributed by atoms with E-state index in [1.807, 2.05) is 30.3 Å². The molecule has 0 saturated carbocycles. The fraction of sp³-hybridized carbons (Fsp3) is 0.286. The first-order valence-electron chi connectivity index (χ1n) is 8.99. The number of aromatic nitrogens is 1. The molecule has 26 heavy (non-hydrogen) atoms. The maximum atomic E-state index is 9.68. The Labute approximate surface area is 152 Å². The Morgan fingerprint density at radius 3 is 2.69 bits per heavy atom. The summed E-state index contributed by atoms with van der Waals surface area (Å²) in [5, 5.41) is 23.0. The molecule has 0 unspecified atom stereocenters. The molecule has 2 aromatic carbocycles. The maximum Gasteiger partial charge on any atom is 0.131 e. The van der Waals surface area contributed by atoms with E-state index in [0.717, 1.165) is 41.9 Å². The van der Waals surface area contributed by atoms with Crippen molar-refractivity contribution in [3.8, 4) is 0 Å². The molecule has 1 aromatic heterocycles. The van der Waals surface area contributed by atoms with E-state index >= 15 is 0 Å². The SMILES string of the molecule is OC[C@@H](O)CNc1cc(N2CCc3ccccc3C2)nc2ccccc12. The molecular weight excluding hydrogens is 326 g/mol. The summed E-state index contributed by atoms with van der Waals surface area (Å²) in [6.07, 6.45) is 0.226. The molecule has 5 heteroatoms. The van der Waals surface area contributed by atoms with E-state index in [4.69, 9.17) is 10.1 Å². The minimum atomic E-state index is -0.785. The van der Waals surface area contributed by atoms with E-state index in [1.165, 1.54) is 11.1 Å². The number of anilines is 2. The number of fused-ring (bicyclic) bond motifs is 2. The molecule has 0 bridgehead atoms. The first-order valence-corrected chi connectivity index (χ1v) is 8.99. The van der Waals surface area contributed by atoms with Crippen LogP contribution in [0.3, 0.4) is 0 Å². The van der Waals surface area contributed by atoms with Crippen LogP contribution in [0.5, 0.6) is 0 Å². The maximum absolute atomic E-state index is 9.68. The zero-order chi connectivity index (χ0) is 17.9. The second-order valence-electron chi connectivity index (χ2n) is 6.70. The lowest BCUT2D eigenvalue weighted by Gasteiger charge is -2.30. The molecule has 0 fully saturated rings. The molecule has 2 heterocycles. The monoisotopic (exact) mass is 349 g/mol. The summed E-state index contributed by atoms with van der Waals surface area (Å²) in [5.74, 6) is 0.930. The zero-order valence-electron chi connectivity index (χ0n) is 14.6. The first-order chi connectivity index (χ1) is 12.7. The van der Waals surface area contributed by atoms with E-state index in [-0.39, 0.29) is 6.61 Å². The van der Waals surface area contributed by atoms with Gasteiger partial charge < -0.3 is 20.4 Å². The number of nitrogens with one attached hydrogen (secondary N) is 1. The van der Waals surface area contributed by atoms with E-state index in [2.05, 4.69) is 34.5 Å². The molecule has 134 valence electrons. The fourth-order valence-corrected chi connectivity index (χ4v) is 3.45. The van der Waals surface area contributed by atoms with Crippen LogP contribution in [0.25, 0.3) is 10.9 Å². The highest BCUT2D eigenvalue weighted by Crippen LogP contribution is 2.30. The van der Waals surface area contributed by atoms with Crippen molar-refractivity contribution >= 4 is 22.4 Å². The molecule has 3 N–H and O–H groups in total. The van der Waals surface area contributed by atoms with Gasteiger partial charge >= 0.3 is 0 Å². The topological polar surface area (TPSA) is 68.6 Å². The Morgan fingerprint density at radius 1 is 1.08 bits per heavy atom. The fourth-order valence-electron chi connectivity index (χ4n) is 3.45. The van der Waals surface area contributed by atoms with Crippen LogP contribution in [0.4, 0.5) is 11.5 Å². The lowest BCUT2D eigenvalue weighted by Crippen LogP contribution is -2.31. The van der Waals surface area contributed by atoms with E-state index < -0.39 is 6.10 Å². The van der Waals surface area contributed by atoms with Crippen molar-refractivity contribution in [2.24, 2.45) is 0 Å². The van der Waals surface area contributed by atoms with Gasteiger partial charge in [0.15, 0.2) is 0 Å². The Morgan fingerprint density at radius 2 is 1.85 bits per heavy atom. The lowest BCUT2D eigenvalue weighted by molar-refractivity contribution is 0.105. The number of para-hydroxylation sites is 1. The summed E-state index contributed by atoms with van der Waals surface area (Å²) in [6, 6.07) is 18.6. The van der Waals surface area contributed by atoms with Crippen molar-refractivity contribution in [1.29, 1.82) is 0 Å². The van der Waals surface area contributed by atoms with Gasteiger partial charge in [-0.25, -0.2) is 4.98 Å². The van der Waals surface area contributed by atoms with Crippen molar-refractivity contribution < 1.29 is 10.2 Å². The van der Waals surface area contributed by atoms with Gasteiger partial charge in [-0.3, -0.25) is 0 Å². The van der Waals surface area contributed by atoms with Crippen LogP contribution < -0.4 is 10.2 Å². The highest BCUT2D eigenvalue weighted by molar-refractivity contribution is 5.93. The highest BCUT2D eigenvalue weighted by Gasteiger charge is 2.18. The van der Waals surface area contributed by atoms with Gasteiger partial charge in [0.2, 0.25) is 0 Å². The van der Waals surface area contributed by atoms with Crippen LogP contribution in [0.2, 0.25) is 0 Å². The number of rotatable bonds is 5. The minimum Gasteiger partial charge on any atom is -0.394 e. The second kappa shape index (κ2) is 7.32. The van der Waals surface area contributed by atoms with Crippen molar-refractivity contribution in [3.63, 3.8) is 0 Å². The smallest absolute Gasteiger partial charge is 0.131 e. The average Bonchev–Trinajstić information content (AvgIpc) is 2.71. The van der Waals surface area contributed by atoms with Gasteiger partial charge in [-0.15, -0.1) is 0 Å². The Kier molecular flexibility index (Phi) is 4.73. The standard InChI is InChI=1S/C21H23N3O2/c25-14-17(26)12-22-20-11-21(23-19-8-4-3-7-18(19)20)24-10-9-15-5-1-2-6-16(15)13-24/h1-8,11,17,25-26H,9-10,12-14H2,(H,22,23)/t17-/m0/s1. The summed E-state index contributed by atoms with van der Waals surface area (Å²) >= 11 is 0. The molecule has 5 nitrogen and oxygen atoms in total. The number of aliphatic hydroxyl groups is 2. The Hall–Kier alpha value is -2.63. The van der Waals surface area contributed by atoms with Crippen LogP contribution in [0, 0.1) is 0 Å². The number of aliphatic hydroxyl groups excluding tert-OH is 2. The first kappa shape index (κ1) is 16.8. The normalized spacial score (nSPS) is 14.9. The summed E-state index contributed by atoms with van der Waals surface area (Å²) in [7, 11) is 0. The second-order valence-corrected chi connectivity index (χ2v) is 6.70. The predicted octanol–water partition coefficient (Wildman–Crippen LogP) is 2.56. The Bertz CT molecular complexity index is 913. The van der Waals surface area contributed by atoms with Crippen LogP contribution >= 0.6 is 0 Å².